The van der Waals surface area contributed by atoms with Crippen molar-refractivity contribution in [3.63, 3.8) is 0 Å². The molecule has 0 unspecified atom stereocenters. The van der Waals surface area contributed by atoms with Gasteiger partial charge in [0, 0.05) is 6.07 Å². The molecule has 128 valence electrons. The standard InChI is InChI=1S/C17H20N2O5/c1-24-13-4-2-3-12(9-13)19-15(20)10-14(16(19)21)18-7-5-11(6-8-18)17(22)23/h2-4,9,11,14H,5-8,10H2,1H3,(H,22,23)/t14-/m1/s1. The molecule has 0 aliphatic carbocycles. The first-order valence-electron chi connectivity index (χ1n) is 7.99. The van der Waals surface area contributed by atoms with Crippen LogP contribution in [0, 0.1) is 5.92 Å². The average molecular weight is 332 g/mol. The highest BCUT2D eigenvalue weighted by Gasteiger charge is 2.43. The second kappa shape index (κ2) is 6.60. The van der Waals surface area contributed by atoms with Gasteiger partial charge in [-0.2, -0.15) is 0 Å². The molecule has 3 rings (SSSR count). The van der Waals surface area contributed by atoms with Crippen molar-refractivity contribution in [2.75, 3.05) is 25.1 Å². The average Bonchev–Trinajstić information content (AvgIpc) is 2.89. The van der Waals surface area contributed by atoms with E-state index in [1.807, 2.05) is 4.90 Å². The Morgan fingerprint density at radius 1 is 1.25 bits per heavy atom. The zero-order chi connectivity index (χ0) is 17.3. The zero-order valence-corrected chi connectivity index (χ0v) is 13.5. The Kier molecular flexibility index (Phi) is 4.53. The van der Waals surface area contributed by atoms with Crippen molar-refractivity contribution in [1.29, 1.82) is 0 Å². The summed E-state index contributed by atoms with van der Waals surface area (Å²) in [5.41, 5.74) is 0.507. The lowest BCUT2D eigenvalue weighted by Gasteiger charge is -2.33. The molecule has 1 aromatic rings. The lowest BCUT2D eigenvalue weighted by Crippen LogP contribution is -2.46. The number of carbonyl (C=O) groups excluding carboxylic acids is 2. The van der Waals surface area contributed by atoms with Gasteiger partial charge in [0.2, 0.25) is 5.91 Å². The van der Waals surface area contributed by atoms with Gasteiger partial charge in [0.25, 0.3) is 5.91 Å². The van der Waals surface area contributed by atoms with E-state index in [9.17, 15) is 14.4 Å². The summed E-state index contributed by atoms with van der Waals surface area (Å²) in [4.78, 5) is 39.3. The van der Waals surface area contributed by atoms with E-state index in [0.717, 1.165) is 0 Å². The molecule has 7 heteroatoms. The Balaban J connectivity index is 1.73. The Morgan fingerprint density at radius 3 is 2.58 bits per heavy atom. The number of hydrogen-bond acceptors (Lipinski definition) is 5. The fraction of sp³-hybridized carbons (Fsp3) is 0.471. The minimum Gasteiger partial charge on any atom is -0.497 e. The molecule has 2 aliphatic rings. The van der Waals surface area contributed by atoms with Crippen molar-refractivity contribution in [1.82, 2.24) is 4.90 Å². The third-order valence-corrected chi connectivity index (χ3v) is 4.75. The number of nitrogens with zero attached hydrogens (tertiary/aromatic N) is 2. The van der Waals surface area contributed by atoms with E-state index in [4.69, 9.17) is 9.84 Å². The number of ether oxygens (including phenoxy) is 1. The van der Waals surface area contributed by atoms with Crippen molar-refractivity contribution >= 4 is 23.5 Å². The van der Waals surface area contributed by atoms with Crippen LogP contribution in [0.25, 0.3) is 0 Å². The van der Waals surface area contributed by atoms with E-state index in [0.29, 0.717) is 37.4 Å². The summed E-state index contributed by atoms with van der Waals surface area (Å²) in [5.74, 6) is -1.05. The fourth-order valence-electron chi connectivity index (χ4n) is 3.38. The van der Waals surface area contributed by atoms with Gasteiger partial charge in [0.15, 0.2) is 0 Å². The zero-order valence-electron chi connectivity index (χ0n) is 13.5. The van der Waals surface area contributed by atoms with Gasteiger partial charge in [0.1, 0.15) is 5.75 Å². The SMILES string of the molecule is COc1cccc(N2C(=O)C[C@@H](N3CCC(C(=O)O)CC3)C2=O)c1. The van der Waals surface area contributed by atoms with Crippen molar-refractivity contribution in [3.05, 3.63) is 24.3 Å². The van der Waals surface area contributed by atoms with E-state index in [1.54, 1.807) is 24.3 Å². The molecule has 0 radical (unpaired) electrons. The summed E-state index contributed by atoms with van der Waals surface area (Å²) in [6, 6.07) is 6.36. The second-order valence-electron chi connectivity index (χ2n) is 6.14. The number of amides is 2. The van der Waals surface area contributed by atoms with Crippen LogP contribution < -0.4 is 9.64 Å². The summed E-state index contributed by atoms with van der Waals surface area (Å²) in [6.45, 7) is 1.04. The van der Waals surface area contributed by atoms with Gasteiger partial charge < -0.3 is 9.84 Å². The van der Waals surface area contributed by atoms with Crippen molar-refractivity contribution in [3.8, 4) is 5.75 Å². The normalized spacial score (nSPS) is 22.9. The number of rotatable bonds is 4. The van der Waals surface area contributed by atoms with Gasteiger partial charge in [-0.15, -0.1) is 0 Å². The first-order valence-corrected chi connectivity index (χ1v) is 7.99. The topological polar surface area (TPSA) is 87.2 Å². The number of carboxylic acids is 1. The molecule has 0 spiro atoms. The van der Waals surface area contributed by atoms with E-state index >= 15 is 0 Å². The Morgan fingerprint density at radius 2 is 1.96 bits per heavy atom. The summed E-state index contributed by atoms with van der Waals surface area (Å²) < 4.78 is 5.15. The van der Waals surface area contributed by atoms with Crippen molar-refractivity contribution in [2.24, 2.45) is 5.92 Å². The van der Waals surface area contributed by atoms with Crippen LogP contribution in [0.4, 0.5) is 5.69 Å². The molecule has 2 amide bonds. The molecule has 2 fully saturated rings. The third kappa shape index (κ3) is 2.99. The molecule has 2 aliphatic heterocycles. The minimum atomic E-state index is -0.790. The highest BCUT2D eigenvalue weighted by Crippen LogP contribution is 2.30. The van der Waals surface area contributed by atoms with Crippen molar-refractivity contribution in [2.45, 2.75) is 25.3 Å². The van der Waals surface area contributed by atoms with Crippen LogP contribution in [-0.2, 0) is 14.4 Å². The molecular formula is C17H20N2O5. The van der Waals surface area contributed by atoms with Gasteiger partial charge >= 0.3 is 5.97 Å². The second-order valence-corrected chi connectivity index (χ2v) is 6.14. The van der Waals surface area contributed by atoms with E-state index in [-0.39, 0.29) is 24.2 Å². The predicted octanol–water partition coefficient (Wildman–Crippen LogP) is 1.12. The van der Waals surface area contributed by atoms with Crippen LogP contribution in [0.2, 0.25) is 0 Å². The van der Waals surface area contributed by atoms with Gasteiger partial charge in [-0.3, -0.25) is 19.3 Å². The number of likely N-dealkylation sites (tertiary alicyclic amines) is 1. The molecule has 0 bridgehead atoms. The number of benzene rings is 1. The summed E-state index contributed by atoms with van der Waals surface area (Å²) in [6.07, 6.45) is 1.15. The lowest BCUT2D eigenvalue weighted by atomic mass is 9.96. The molecule has 7 nitrogen and oxygen atoms in total. The van der Waals surface area contributed by atoms with Crippen LogP contribution >= 0.6 is 0 Å². The van der Waals surface area contributed by atoms with Crippen LogP contribution in [-0.4, -0.2) is 54.0 Å². The molecule has 2 saturated heterocycles. The van der Waals surface area contributed by atoms with Gasteiger partial charge in [-0.1, -0.05) is 6.07 Å². The fourth-order valence-corrected chi connectivity index (χ4v) is 3.38. The highest BCUT2D eigenvalue weighted by atomic mass is 16.5. The Hall–Kier alpha value is -2.41. The monoisotopic (exact) mass is 332 g/mol. The third-order valence-electron chi connectivity index (χ3n) is 4.75. The predicted molar refractivity (Wildman–Crippen MR) is 85.8 cm³/mol. The van der Waals surface area contributed by atoms with Gasteiger partial charge in [0.05, 0.1) is 31.2 Å². The number of carbonyl (C=O) groups is 3. The number of hydrogen-bond donors (Lipinski definition) is 1. The molecule has 0 saturated carbocycles. The quantitative estimate of drug-likeness (QED) is 0.832. The Labute approximate surface area is 139 Å². The largest absolute Gasteiger partial charge is 0.497 e. The molecule has 1 N–H and O–H groups in total. The van der Waals surface area contributed by atoms with Crippen LogP contribution in [0.1, 0.15) is 19.3 Å². The minimum absolute atomic E-state index is 0.133. The maximum absolute atomic E-state index is 12.7. The highest BCUT2D eigenvalue weighted by molar-refractivity contribution is 6.22. The molecule has 24 heavy (non-hydrogen) atoms. The van der Waals surface area contributed by atoms with Crippen LogP contribution in [0.5, 0.6) is 5.75 Å². The van der Waals surface area contributed by atoms with E-state index < -0.39 is 12.0 Å². The van der Waals surface area contributed by atoms with E-state index in [2.05, 4.69) is 0 Å². The number of imide groups is 1. The molecule has 1 aromatic carbocycles. The van der Waals surface area contributed by atoms with Crippen molar-refractivity contribution < 1.29 is 24.2 Å². The molecule has 2 heterocycles. The number of anilines is 1. The Bertz CT molecular complexity index is 667. The smallest absolute Gasteiger partial charge is 0.306 e. The van der Waals surface area contributed by atoms with Crippen LogP contribution in [0.15, 0.2) is 24.3 Å². The number of aliphatic carboxylic acids is 1. The number of carboxylic acid groups (broad SMARTS) is 1. The molecule has 0 aromatic heterocycles. The first kappa shape index (κ1) is 16.4. The number of piperidine rings is 1. The van der Waals surface area contributed by atoms with Gasteiger partial charge in [-0.25, -0.2) is 4.90 Å². The first-order chi connectivity index (χ1) is 11.5. The van der Waals surface area contributed by atoms with Crippen LogP contribution in [0.3, 0.4) is 0 Å². The van der Waals surface area contributed by atoms with E-state index in [1.165, 1.54) is 12.0 Å². The summed E-state index contributed by atoms with van der Waals surface area (Å²) in [7, 11) is 1.53. The number of methoxy groups -OCH3 is 1. The molecule has 1 atom stereocenters. The molecular weight excluding hydrogens is 312 g/mol. The maximum atomic E-state index is 12.7. The summed E-state index contributed by atoms with van der Waals surface area (Å²) >= 11 is 0. The lowest BCUT2D eigenvalue weighted by molar-refractivity contribution is -0.143. The van der Waals surface area contributed by atoms with Gasteiger partial charge in [-0.05, 0) is 38.1 Å². The summed E-state index contributed by atoms with van der Waals surface area (Å²) in [5, 5.41) is 9.06. The maximum Gasteiger partial charge on any atom is 0.306 e.